The molecule has 1 aromatic heterocycles. The van der Waals surface area contributed by atoms with Crippen LogP contribution in [0.3, 0.4) is 0 Å². The summed E-state index contributed by atoms with van der Waals surface area (Å²) in [5.41, 5.74) is 4.45. The largest absolute Gasteiger partial charge is 0.346 e. The lowest BCUT2D eigenvalue weighted by atomic mass is 9.93. The van der Waals surface area contributed by atoms with Gasteiger partial charge in [-0.2, -0.15) is 0 Å². The summed E-state index contributed by atoms with van der Waals surface area (Å²) in [5.74, 6) is 0. The van der Waals surface area contributed by atoms with E-state index in [0.717, 1.165) is 18.6 Å². The van der Waals surface area contributed by atoms with Gasteiger partial charge in [0.05, 0.1) is 0 Å². The van der Waals surface area contributed by atoms with E-state index in [-0.39, 0.29) is 0 Å². The molecule has 16 heavy (non-hydrogen) atoms. The number of nitrogens with zero attached hydrogens (tertiary/aromatic N) is 1. The molecule has 2 saturated carbocycles. The fourth-order valence-electron chi connectivity index (χ4n) is 2.79. The Labute approximate surface area is 98.0 Å². The van der Waals surface area contributed by atoms with E-state index < -0.39 is 0 Å². The van der Waals surface area contributed by atoms with E-state index in [1.165, 1.54) is 49.1 Å². The average Bonchev–Trinajstić information content (AvgIpc) is 2.94. The first-order chi connectivity index (χ1) is 7.75. The van der Waals surface area contributed by atoms with Gasteiger partial charge in [0.2, 0.25) is 0 Å². The third kappa shape index (κ3) is 1.80. The molecular formula is C14H22N2. The van der Waals surface area contributed by atoms with Crippen LogP contribution in [-0.2, 0) is 6.54 Å². The van der Waals surface area contributed by atoms with Crippen LogP contribution in [0.4, 0.5) is 0 Å². The average molecular weight is 218 g/mol. The van der Waals surface area contributed by atoms with Crippen molar-refractivity contribution < 1.29 is 0 Å². The molecule has 0 unspecified atom stereocenters. The normalized spacial score (nSPS) is 21.1. The van der Waals surface area contributed by atoms with E-state index in [1.54, 1.807) is 0 Å². The molecule has 0 aliphatic heterocycles. The summed E-state index contributed by atoms with van der Waals surface area (Å²) in [7, 11) is 0. The van der Waals surface area contributed by atoms with Crippen molar-refractivity contribution in [3.8, 4) is 0 Å². The highest BCUT2D eigenvalue weighted by molar-refractivity contribution is 5.28. The van der Waals surface area contributed by atoms with Gasteiger partial charge in [0.1, 0.15) is 0 Å². The van der Waals surface area contributed by atoms with Crippen LogP contribution in [0.5, 0.6) is 0 Å². The van der Waals surface area contributed by atoms with Crippen LogP contribution in [-0.4, -0.2) is 10.6 Å². The lowest BCUT2D eigenvalue weighted by Gasteiger charge is -2.26. The van der Waals surface area contributed by atoms with E-state index in [9.17, 15) is 0 Å². The zero-order valence-electron chi connectivity index (χ0n) is 10.4. The zero-order chi connectivity index (χ0) is 11.1. The van der Waals surface area contributed by atoms with Gasteiger partial charge < -0.3 is 9.88 Å². The number of aryl methyl sites for hydroxylation is 1. The van der Waals surface area contributed by atoms with E-state index in [1.807, 2.05) is 0 Å². The Kier molecular flexibility index (Phi) is 2.55. The Balaban J connectivity index is 1.70. The summed E-state index contributed by atoms with van der Waals surface area (Å²) in [6.07, 6.45) is 6.93. The van der Waals surface area contributed by atoms with Gasteiger partial charge in [0.25, 0.3) is 0 Å². The summed E-state index contributed by atoms with van der Waals surface area (Å²) >= 11 is 0. The van der Waals surface area contributed by atoms with E-state index in [4.69, 9.17) is 0 Å². The number of aromatic nitrogens is 1. The minimum Gasteiger partial charge on any atom is -0.346 e. The number of hydrogen-bond donors (Lipinski definition) is 1. The molecule has 2 aliphatic rings. The first-order valence-corrected chi connectivity index (χ1v) is 6.66. The van der Waals surface area contributed by atoms with Crippen LogP contribution in [0.15, 0.2) is 6.07 Å². The molecule has 3 rings (SSSR count). The fraction of sp³-hybridized carbons (Fsp3) is 0.714. The molecule has 2 aliphatic carbocycles. The maximum Gasteiger partial charge on any atom is 0.0337 e. The second-order valence-electron chi connectivity index (χ2n) is 5.51. The first kappa shape index (κ1) is 10.4. The van der Waals surface area contributed by atoms with Crippen LogP contribution in [0.1, 0.15) is 55.1 Å². The molecule has 0 radical (unpaired) electrons. The number of hydrogen-bond acceptors (Lipinski definition) is 1. The number of nitrogens with one attached hydrogen (secondary N) is 1. The summed E-state index contributed by atoms with van der Waals surface area (Å²) in [6, 6.07) is 3.99. The second kappa shape index (κ2) is 3.92. The van der Waals surface area contributed by atoms with Crippen LogP contribution < -0.4 is 5.32 Å². The Bertz CT molecular complexity index is 384. The lowest BCUT2D eigenvalue weighted by Crippen LogP contribution is -2.34. The van der Waals surface area contributed by atoms with Crippen LogP contribution in [0, 0.1) is 13.8 Å². The quantitative estimate of drug-likeness (QED) is 0.821. The highest BCUT2D eigenvalue weighted by Crippen LogP contribution is 2.38. The van der Waals surface area contributed by atoms with Crippen LogP contribution >= 0.6 is 0 Å². The van der Waals surface area contributed by atoms with E-state index in [2.05, 4.69) is 29.8 Å². The number of rotatable bonds is 4. The fourth-order valence-corrected chi connectivity index (χ4v) is 2.79. The van der Waals surface area contributed by atoms with Crippen molar-refractivity contribution in [1.82, 2.24) is 9.88 Å². The van der Waals surface area contributed by atoms with Gasteiger partial charge in [0.15, 0.2) is 0 Å². The summed E-state index contributed by atoms with van der Waals surface area (Å²) in [6.45, 7) is 5.60. The molecule has 0 bridgehead atoms. The molecule has 0 spiro atoms. The smallest absolute Gasteiger partial charge is 0.0337 e. The highest BCUT2D eigenvalue weighted by Gasteiger charge is 2.27. The van der Waals surface area contributed by atoms with Crippen molar-refractivity contribution >= 4 is 0 Å². The Hall–Kier alpha value is -0.760. The SMILES string of the molecule is Cc1cc(CNC2CCC2)c(C)n1C1CC1. The Morgan fingerprint density at radius 1 is 1.25 bits per heavy atom. The monoisotopic (exact) mass is 218 g/mol. The van der Waals surface area contributed by atoms with E-state index >= 15 is 0 Å². The Morgan fingerprint density at radius 3 is 2.56 bits per heavy atom. The van der Waals surface area contributed by atoms with Gasteiger partial charge in [-0.25, -0.2) is 0 Å². The molecule has 1 aromatic rings. The third-order valence-corrected chi connectivity index (χ3v) is 4.19. The van der Waals surface area contributed by atoms with Crippen LogP contribution in [0.25, 0.3) is 0 Å². The van der Waals surface area contributed by atoms with Gasteiger partial charge in [-0.3, -0.25) is 0 Å². The summed E-state index contributed by atoms with van der Waals surface area (Å²) in [5, 5.41) is 3.66. The van der Waals surface area contributed by atoms with Crippen LogP contribution in [0.2, 0.25) is 0 Å². The van der Waals surface area contributed by atoms with Crippen molar-refractivity contribution in [2.45, 2.75) is 64.6 Å². The molecule has 1 N–H and O–H groups in total. The van der Waals surface area contributed by atoms with Gasteiger partial charge in [-0.1, -0.05) is 6.42 Å². The van der Waals surface area contributed by atoms with Gasteiger partial charge in [0, 0.05) is 30.0 Å². The molecule has 0 aromatic carbocycles. The first-order valence-electron chi connectivity index (χ1n) is 6.66. The maximum atomic E-state index is 3.66. The molecule has 2 nitrogen and oxygen atoms in total. The van der Waals surface area contributed by atoms with Crippen molar-refractivity contribution in [2.75, 3.05) is 0 Å². The van der Waals surface area contributed by atoms with Gasteiger partial charge in [-0.15, -0.1) is 0 Å². The molecule has 0 saturated heterocycles. The second-order valence-corrected chi connectivity index (χ2v) is 5.51. The summed E-state index contributed by atoms with van der Waals surface area (Å²) < 4.78 is 2.54. The molecule has 1 heterocycles. The predicted octanol–water partition coefficient (Wildman–Crippen LogP) is 3.08. The van der Waals surface area contributed by atoms with E-state index in [0.29, 0.717) is 0 Å². The lowest BCUT2D eigenvalue weighted by molar-refractivity contribution is 0.338. The summed E-state index contributed by atoms with van der Waals surface area (Å²) in [4.78, 5) is 0. The molecule has 0 atom stereocenters. The predicted molar refractivity (Wildman–Crippen MR) is 66.7 cm³/mol. The molecular weight excluding hydrogens is 196 g/mol. The molecule has 88 valence electrons. The molecule has 2 fully saturated rings. The molecule has 0 amide bonds. The van der Waals surface area contributed by atoms with Gasteiger partial charge >= 0.3 is 0 Å². The van der Waals surface area contributed by atoms with Gasteiger partial charge in [-0.05, 0) is 51.2 Å². The minimum atomic E-state index is 0.795. The van der Waals surface area contributed by atoms with Crippen molar-refractivity contribution in [1.29, 1.82) is 0 Å². The standard InChI is InChI=1S/C14H22N2/c1-10-8-12(9-15-13-4-3-5-13)11(2)16(10)14-6-7-14/h8,13-15H,3-7,9H2,1-2H3. The third-order valence-electron chi connectivity index (χ3n) is 4.19. The Morgan fingerprint density at radius 2 is 2.00 bits per heavy atom. The molecule has 2 heteroatoms. The minimum absolute atomic E-state index is 0.795. The zero-order valence-corrected chi connectivity index (χ0v) is 10.4. The maximum absolute atomic E-state index is 3.66. The van der Waals surface area contributed by atoms with Crippen molar-refractivity contribution in [3.05, 3.63) is 23.0 Å². The van der Waals surface area contributed by atoms with Crippen molar-refractivity contribution in [2.24, 2.45) is 0 Å². The van der Waals surface area contributed by atoms with Crippen molar-refractivity contribution in [3.63, 3.8) is 0 Å². The topological polar surface area (TPSA) is 17.0 Å². The highest BCUT2D eigenvalue weighted by atomic mass is 15.1.